The molecule has 0 saturated heterocycles. The predicted molar refractivity (Wildman–Crippen MR) is 83.0 cm³/mol. The van der Waals surface area contributed by atoms with Gasteiger partial charge in [-0.3, -0.25) is 0 Å². The minimum absolute atomic E-state index is 0.0408. The van der Waals surface area contributed by atoms with E-state index in [-0.39, 0.29) is 18.2 Å². The van der Waals surface area contributed by atoms with Gasteiger partial charge in [0.25, 0.3) is 0 Å². The van der Waals surface area contributed by atoms with Gasteiger partial charge >= 0.3 is 6.03 Å². The van der Waals surface area contributed by atoms with Crippen molar-refractivity contribution in [2.75, 3.05) is 13.2 Å². The van der Waals surface area contributed by atoms with Crippen LogP contribution in [0.4, 0.5) is 4.79 Å². The Morgan fingerprint density at radius 1 is 0.952 bits per heavy atom. The van der Waals surface area contributed by atoms with Crippen LogP contribution in [0.15, 0.2) is 0 Å². The summed E-state index contributed by atoms with van der Waals surface area (Å²) in [5.41, 5.74) is 0.121. The Hall–Kier alpha value is -0.770. The van der Waals surface area contributed by atoms with Gasteiger partial charge in [0.2, 0.25) is 0 Å². The molecule has 0 unspecified atom stereocenters. The van der Waals surface area contributed by atoms with Gasteiger partial charge in [-0.1, -0.05) is 12.8 Å². The Bertz CT molecular complexity index is 335. The van der Waals surface area contributed by atoms with Crippen LogP contribution in [0, 0.1) is 17.8 Å². The standard InChI is InChI=1S/C17H30N2O2/c20-6-4-2-1-3-5-18-16(21)19-17-10-13-7-14(11-17)9-15(8-13)12-17/h13-15,20H,1-12H2,(H2,18,19,21). The highest BCUT2D eigenvalue weighted by molar-refractivity contribution is 5.74. The van der Waals surface area contributed by atoms with Gasteiger partial charge in [-0.25, -0.2) is 4.79 Å². The second-order valence-corrected chi connectivity index (χ2v) is 7.72. The van der Waals surface area contributed by atoms with Crippen molar-refractivity contribution < 1.29 is 9.90 Å². The van der Waals surface area contributed by atoms with Gasteiger partial charge in [0.1, 0.15) is 0 Å². The maximum Gasteiger partial charge on any atom is 0.315 e. The fourth-order valence-corrected chi connectivity index (χ4v) is 5.34. The summed E-state index contributed by atoms with van der Waals surface area (Å²) in [5, 5.41) is 15.1. The summed E-state index contributed by atoms with van der Waals surface area (Å²) in [6.07, 6.45) is 11.9. The average Bonchev–Trinajstić information content (AvgIpc) is 2.40. The van der Waals surface area contributed by atoms with Gasteiger partial charge in [0.15, 0.2) is 0 Å². The van der Waals surface area contributed by atoms with Crippen LogP contribution in [0.25, 0.3) is 0 Å². The quantitative estimate of drug-likeness (QED) is 0.632. The molecule has 0 spiro atoms. The molecule has 0 heterocycles. The molecule has 0 radical (unpaired) electrons. The number of urea groups is 1. The number of hydrogen-bond acceptors (Lipinski definition) is 2. The Labute approximate surface area is 128 Å². The van der Waals surface area contributed by atoms with E-state index in [0.717, 1.165) is 50.0 Å². The largest absolute Gasteiger partial charge is 0.396 e. The van der Waals surface area contributed by atoms with Crippen molar-refractivity contribution in [1.29, 1.82) is 0 Å². The highest BCUT2D eigenvalue weighted by atomic mass is 16.2. The molecule has 4 heteroatoms. The van der Waals surface area contributed by atoms with Crippen LogP contribution in [0.1, 0.15) is 64.2 Å². The second kappa shape index (κ2) is 6.55. The smallest absolute Gasteiger partial charge is 0.315 e. The zero-order valence-corrected chi connectivity index (χ0v) is 13.1. The third-order valence-corrected chi connectivity index (χ3v) is 5.79. The third kappa shape index (κ3) is 3.71. The zero-order chi connectivity index (χ0) is 14.7. The fraction of sp³-hybridized carbons (Fsp3) is 0.941. The molecule has 0 atom stereocenters. The van der Waals surface area contributed by atoms with E-state index in [9.17, 15) is 4.79 Å². The molecule has 0 aliphatic heterocycles. The first kappa shape index (κ1) is 15.1. The van der Waals surface area contributed by atoms with Crippen molar-refractivity contribution in [3.8, 4) is 0 Å². The molecule has 4 aliphatic carbocycles. The topological polar surface area (TPSA) is 61.4 Å². The Morgan fingerprint density at radius 2 is 1.52 bits per heavy atom. The van der Waals surface area contributed by atoms with Crippen LogP contribution in [0.2, 0.25) is 0 Å². The van der Waals surface area contributed by atoms with Gasteiger partial charge in [-0.2, -0.15) is 0 Å². The number of aliphatic hydroxyl groups excluding tert-OH is 1. The normalized spacial score (nSPS) is 36.7. The number of aliphatic hydroxyl groups is 1. The summed E-state index contributed by atoms with van der Waals surface area (Å²) >= 11 is 0. The zero-order valence-electron chi connectivity index (χ0n) is 13.1. The maximum atomic E-state index is 12.2. The highest BCUT2D eigenvalue weighted by Crippen LogP contribution is 2.55. The molecule has 4 nitrogen and oxygen atoms in total. The van der Waals surface area contributed by atoms with Crippen molar-refractivity contribution >= 4 is 6.03 Å². The minimum Gasteiger partial charge on any atom is -0.396 e. The molecule has 0 aromatic heterocycles. The molecule has 4 saturated carbocycles. The molecule has 120 valence electrons. The van der Waals surface area contributed by atoms with Crippen molar-refractivity contribution in [3.05, 3.63) is 0 Å². The molecule has 2 amide bonds. The van der Waals surface area contributed by atoms with Gasteiger partial charge in [-0.05, 0) is 69.1 Å². The minimum atomic E-state index is 0.0408. The summed E-state index contributed by atoms with van der Waals surface area (Å²) in [4.78, 5) is 12.2. The lowest BCUT2D eigenvalue weighted by Crippen LogP contribution is -2.61. The van der Waals surface area contributed by atoms with Crippen molar-refractivity contribution in [2.24, 2.45) is 17.8 Å². The summed E-state index contributed by atoms with van der Waals surface area (Å²) in [6, 6.07) is 0.0408. The first-order valence-corrected chi connectivity index (χ1v) is 8.86. The molecule has 4 fully saturated rings. The molecule has 4 rings (SSSR count). The number of carbonyl (C=O) groups is 1. The number of nitrogens with one attached hydrogen (secondary N) is 2. The van der Waals surface area contributed by atoms with E-state index in [1.807, 2.05) is 0 Å². The molecule has 0 aromatic carbocycles. The van der Waals surface area contributed by atoms with E-state index in [4.69, 9.17) is 5.11 Å². The summed E-state index contributed by atoms with van der Waals surface area (Å²) < 4.78 is 0. The average molecular weight is 294 g/mol. The second-order valence-electron chi connectivity index (χ2n) is 7.72. The van der Waals surface area contributed by atoms with Crippen LogP contribution >= 0.6 is 0 Å². The SMILES string of the molecule is O=C(NCCCCCCO)NC12CC3CC(CC(C3)C1)C2. The summed E-state index contributed by atoms with van der Waals surface area (Å²) in [5.74, 6) is 2.61. The van der Waals surface area contributed by atoms with Gasteiger partial charge in [0.05, 0.1) is 0 Å². The predicted octanol–water partition coefficient (Wildman–Crippen LogP) is 2.81. The Kier molecular flexibility index (Phi) is 4.72. The monoisotopic (exact) mass is 294 g/mol. The summed E-state index contributed by atoms with van der Waals surface area (Å²) in [7, 11) is 0. The third-order valence-electron chi connectivity index (χ3n) is 5.79. The Morgan fingerprint density at radius 3 is 2.10 bits per heavy atom. The first-order valence-electron chi connectivity index (χ1n) is 8.86. The van der Waals surface area contributed by atoms with Gasteiger partial charge < -0.3 is 15.7 Å². The molecule has 4 bridgehead atoms. The molecule has 3 N–H and O–H groups in total. The van der Waals surface area contributed by atoms with Crippen molar-refractivity contribution in [3.63, 3.8) is 0 Å². The molecular weight excluding hydrogens is 264 g/mol. The highest BCUT2D eigenvalue weighted by Gasteiger charge is 2.51. The van der Waals surface area contributed by atoms with E-state index in [2.05, 4.69) is 10.6 Å². The number of amides is 2. The lowest BCUT2D eigenvalue weighted by Gasteiger charge is -2.56. The van der Waals surface area contributed by atoms with E-state index in [0.29, 0.717) is 0 Å². The van der Waals surface area contributed by atoms with E-state index < -0.39 is 0 Å². The molecule has 0 aromatic rings. The molecule has 21 heavy (non-hydrogen) atoms. The lowest BCUT2D eigenvalue weighted by molar-refractivity contribution is -0.0135. The van der Waals surface area contributed by atoms with Crippen LogP contribution in [-0.2, 0) is 0 Å². The van der Waals surface area contributed by atoms with Gasteiger partial charge in [0, 0.05) is 18.7 Å². The lowest BCUT2D eigenvalue weighted by atomic mass is 9.53. The van der Waals surface area contributed by atoms with E-state index in [1.54, 1.807) is 0 Å². The summed E-state index contributed by atoms with van der Waals surface area (Å²) in [6.45, 7) is 1.03. The van der Waals surface area contributed by atoms with Crippen LogP contribution in [-0.4, -0.2) is 29.8 Å². The van der Waals surface area contributed by atoms with Crippen molar-refractivity contribution in [2.45, 2.75) is 69.7 Å². The molecular formula is C17H30N2O2. The van der Waals surface area contributed by atoms with Gasteiger partial charge in [-0.15, -0.1) is 0 Å². The number of hydrogen-bond donors (Lipinski definition) is 3. The number of rotatable bonds is 7. The Balaban J connectivity index is 1.39. The molecule has 4 aliphatic rings. The first-order chi connectivity index (χ1) is 10.2. The maximum absolute atomic E-state index is 12.2. The van der Waals surface area contributed by atoms with E-state index in [1.165, 1.54) is 38.5 Å². The van der Waals surface area contributed by atoms with E-state index >= 15 is 0 Å². The van der Waals surface area contributed by atoms with Crippen LogP contribution in [0.3, 0.4) is 0 Å². The number of carbonyl (C=O) groups excluding carboxylic acids is 1. The fourth-order valence-electron chi connectivity index (χ4n) is 5.34. The number of unbranched alkanes of at least 4 members (excludes halogenated alkanes) is 3. The van der Waals surface area contributed by atoms with Crippen LogP contribution in [0.5, 0.6) is 0 Å². The van der Waals surface area contributed by atoms with Crippen LogP contribution < -0.4 is 10.6 Å². The van der Waals surface area contributed by atoms with Crippen molar-refractivity contribution in [1.82, 2.24) is 10.6 Å².